The van der Waals surface area contributed by atoms with E-state index in [0.29, 0.717) is 0 Å². The minimum atomic E-state index is -0.925. The third-order valence-corrected chi connectivity index (χ3v) is 5.13. The summed E-state index contributed by atoms with van der Waals surface area (Å²) in [5.41, 5.74) is 0.204. The van der Waals surface area contributed by atoms with Crippen LogP contribution >= 0.6 is 0 Å². The summed E-state index contributed by atoms with van der Waals surface area (Å²) in [6, 6.07) is 8.50. The summed E-state index contributed by atoms with van der Waals surface area (Å²) in [5.74, 6) is -1.54. The molecule has 2 heterocycles. The van der Waals surface area contributed by atoms with Crippen LogP contribution in [0.25, 0.3) is 0 Å². The van der Waals surface area contributed by atoms with E-state index in [0.717, 1.165) is 31.5 Å². The number of nitrogens with one attached hydrogen (secondary N) is 3. The van der Waals surface area contributed by atoms with Gasteiger partial charge in [0, 0.05) is 25.3 Å². The van der Waals surface area contributed by atoms with Gasteiger partial charge in [0.05, 0.1) is 19.4 Å². The SMILES string of the molecule is CC(C)(C)OC(=O)[C@H](Cc1ccccc1)NC(=O)c1nc[nH]c1C(=O)NC1CC[NH2+]CC1. The first-order valence-electron chi connectivity index (χ1n) is 11.0. The molecule has 1 aliphatic heterocycles. The van der Waals surface area contributed by atoms with Crippen molar-refractivity contribution in [2.75, 3.05) is 13.1 Å². The van der Waals surface area contributed by atoms with Gasteiger partial charge in [-0.2, -0.15) is 0 Å². The van der Waals surface area contributed by atoms with Crippen molar-refractivity contribution in [1.82, 2.24) is 20.6 Å². The van der Waals surface area contributed by atoms with Crippen molar-refractivity contribution < 1.29 is 24.4 Å². The molecule has 9 heteroatoms. The average Bonchev–Trinajstić information content (AvgIpc) is 3.24. The van der Waals surface area contributed by atoms with Gasteiger partial charge < -0.3 is 25.7 Å². The van der Waals surface area contributed by atoms with Crippen molar-refractivity contribution >= 4 is 17.8 Å². The number of rotatable bonds is 7. The molecule has 2 aromatic rings. The average molecular weight is 443 g/mol. The summed E-state index contributed by atoms with van der Waals surface area (Å²) in [6.07, 6.45) is 3.31. The van der Waals surface area contributed by atoms with Gasteiger partial charge in [-0.05, 0) is 26.3 Å². The Labute approximate surface area is 187 Å². The minimum absolute atomic E-state index is 0.0495. The van der Waals surface area contributed by atoms with Gasteiger partial charge in [0.1, 0.15) is 17.3 Å². The highest BCUT2D eigenvalue weighted by atomic mass is 16.6. The maximum atomic E-state index is 13.0. The Morgan fingerprint density at radius 1 is 1.16 bits per heavy atom. The molecule has 172 valence electrons. The lowest BCUT2D eigenvalue weighted by atomic mass is 10.0. The van der Waals surface area contributed by atoms with E-state index < -0.39 is 23.5 Å². The van der Waals surface area contributed by atoms with E-state index in [4.69, 9.17) is 4.74 Å². The molecule has 5 N–H and O–H groups in total. The number of hydrogen-bond donors (Lipinski definition) is 4. The summed E-state index contributed by atoms with van der Waals surface area (Å²) in [6.45, 7) is 7.22. The number of piperidine rings is 1. The number of aromatic nitrogens is 2. The number of hydrogen-bond acceptors (Lipinski definition) is 5. The Bertz CT molecular complexity index is 929. The molecule has 1 saturated heterocycles. The molecule has 9 nitrogen and oxygen atoms in total. The Morgan fingerprint density at radius 2 is 1.84 bits per heavy atom. The molecule has 1 aromatic carbocycles. The Kier molecular flexibility index (Phi) is 7.63. The number of nitrogens with zero attached hydrogens (tertiary/aromatic N) is 1. The fourth-order valence-electron chi connectivity index (χ4n) is 3.61. The summed E-state index contributed by atoms with van der Waals surface area (Å²) in [5, 5.41) is 7.88. The number of carbonyl (C=O) groups excluding carboxylic acids is 3. The lowest BCUT2D eigenvalue weighted by Gasteiger charge is -2.24. The first-order chi connectivity index (χ1) is 15.2. The van der Waals surface area contributed by atoms with Crippen LogP contribution in [-0.4, -0.2) is 58.5 Å². The van der Waals surface area contributed by atoms with Crippen molar-refractivity contribution in [3.05, 3.63) is 53.6 Å². The van der Waals surface area contributed by atoms with E-state index in [1.807, 2.05) is 30.3 Å². The lowest BCUT2D eigenvalue weighted by Crippen LogP contribution is -2.87. The van der Waals surface area contributed by atoms with E-state index >= 15 is 0 Å². The first kappa shape index (κ1) is 23.5. The van der Waals surface area contributed by atoms with Crippen molar-refractivity contribution in [1.29, 1.82) is 0 Å². The largest absolute Gasteiger partial charge is 0.458 e. The molecule has 0 aliphatic carbocycles. The highest BCUT2D eigenvalue weighted by molar-refractivity contribution is 6.05. The number of H-pyrrole nitrogens is 1. The molecule has 0 unspecified atom stereocenters. The van der Waals surface area contributed by atoms with Crippen LogP contribution < -0.4 is 16.0 Å². The zero-order valence-electron chi connectivity index (χ0n) is 18.8. The predicted molar refractivity (Wildman–Crippen MR) is 118 cm³/mol. The first-order valence-corrected chi connectivity index (χ1v) is 11.0. The maximum Gasteiger partial charge on any atom is 0.329 e. The molecule has 1 fully saturated rings. The molecule has 3 rings (SSSR count). The number of nitrogens with two attached hydrogens (primary N) is 1. The molecule has 1 atom stereocenters. The molecule has 0 saturated carbocycles. The van der Waals surface area contributed by atoms with Crippen LogP contribution in [0.2, 0.25) is 0 Å². The number of aromatic amines is 1. The highest BCUT2D eigenvalue weighted by Gasteiger charge is 2.30. The van der Waals surface area contributed by atoms with Crippen LogP contribution in [0, 0.1) is 0 Å². The molecule has 32 heavy (non-hydrogen) atoms. The number of esters is 1. The highest BCUT2D eigenvalue weighted by Crippen LogP contribution is 2.13. The molecule has 0 bridgehead atoms. The third-order valence-electron chi connectivity index (χ3n) is 5.13. The normalized spacial score (nSPS) is 15.6. The number of amides is 2. The summed E-state index contributed by atoms with van der Waals surface area (Å²) in [7, 11) is 0. The van der Waals surface area contributed by atoms with Gasteiger partial charge in [0.15, 0.2) is 5.69 Å². The van der Waals surface area contributed by atoms with Gasteiger partial charge >= 0.3 is 5.97 Å². The summed E-state index contributed by atoms with van der Waals surface area (Å²) < 4.78 is 5.50. The van der Waals surface area contributed by atoms with Crippen molar-refractivity contribution in [3.8, 4) is 0 Å². The van der Waals surface area contributed by atoms with Crippen LogP contribution in [-0.2, 0) is 16.0 Å². The zero-order chi connectivity index (χ0) is 23.1. The van der Waals surface area contributed by atoms with E-state index in [-0.39, 0.29) is 29.8 Å². The Hall–Kier alpha value is -3.20. The zero-order valence-corrected chi connectivity index (χ0v) is 18.8. The number of carbonyl (C=O) groups is 3. The molecular formula is C23H32N5O4+. The predicted octanol–water partition coefficient (Wildman–Crippen LogP) is 0.548. The number of ether oxygens (including phenoxy) is 1. The number of imidazole rings is 1. The fourth-order valence-corrected chi connectivity index (χ4v) is 3.61. The molecule has 1 aromatic heterocycles. The van der Waals surface area contributed by atoms with E-state index in [2.05, 4.69) is 25.9 Å². The van der Waals surface area contributed by atoms with Crippen LogP contribution in [0.5, 0.6) is 0 Å². The summed E-state index contributed by atoms with van der Waals surface area (Å²) >= 11 is 0. The van der Waals surface area contributed by atoms with E-state index in [1.165, 1.54) is 6.33 Å². The van der Waals surface area contributed by atoms with Gasteiger partial charge in [-0.1, -0.05) is 30.3 Å². The Balaban J connectivity index is 1.73. The van der Waals surface area contributed by atoms with Gasteiger partial charge in [0.25, 0.3) is 11.8 Å². The second kappa shape index (κ2) is 10.4. The van der Waals surface area contributed by atoms with Gasteiger partial charge in [-0.3, -0.25) is 9.59 Å². The molecule has 0 radical (unpaired) electrons. The monoisotopic (exact) mass is 442 g/mol. The van der Waals surface area contributed by atoms with Gasteiger partial charge in [0.2, 0.25) is 0 Å². The second-order valence-corrected chi connectivity index (χ2v) is 8.99. The van der Waals surface area contributed by atoms with Crippen LogP contribution in [0.4, 0.5) is 0 Å². The van der Waals surface area contributed by atoms with Gasteiger partial charge in [-0.15, -0.1) is 0 Å². The van der Waals surface area contributed by atoms with Crippen LogP contribution in [0.1, 0.15) is 60.2 Å². The summed E-state index contributed by atoms with van der Waals surface area (Å²) in [4.78, 5) is 45.3. The van der Waals surface area contributed by atoms with E-state index in [9.17, 15) is 14.4 Å². The van der Waals surface area contributed by atoms with Crippen molar-refractivity contribution in [2.24, 2.45) is 0 Å². The van der Waals surface area contributed by atoms with Crippen molar-refractivity contribution in [2.45, 2.75) is 57.7 Å². The lowest BCUT2D eigenvalue weighted by molar-refractivity contribution is -0.663. The third kappa shape index (κ3) is 6.65. The topological polar surface area (TPSA) is 130 Å². The van der Waals surface area contributed by atoms with E-state index in [1.54, 1.807) is 20.8 Å². The quantitative estimate of drug-likeness (QED) is 0.465. The fraction of sp³-hybridized carbons (Fsp3) is 0.478. The smallest absolute Gasteiger partial charge is 0.329 e. The molecule has 0 spiro atoms. The number of benzene rings is 1. The molecule has 1 aliphatic rings. The number of quaternary nitrogens is 1. The molecule has 2 amide bonds. The second-order valence-electron chi connectivity index (χ2n) is 8.99. The molecular weight excluding hydrogens is 410 g/mol. The maximum absolute atomic E-state index is 13.0. The van der Waals surface area contributed by atoms with Crippen LogP contribution in [0.3, 0.4) is 0 Å². The Morgan fingerprint density at radius 3 is 2.50 bits per heavy atom. The minimum Gasteiger partial charge on any atom is -0.458 e. The van der Waals surface area contributed by atoms with Crippen LogP contribution in [0.15, 0.2) is 36.7 Å². The standard InChI is InChI=1S/C23H31N5O4/c1-23(2,3)32-22(31)17(13-15-7-5-4-6-8-15)28-21(30)19-18(25-14-26-19)20(29)27-16-9-11-24-12-10-16/h4-8,14,16-17,24H,9-13H2,1-3H3,(H,25,26)(H,27,29)(H,28,30)/p+1/t17-/m0/s1. The van der Waals surface area contributed by atoms with Crippen molar-refractivity contribution in [3.63, 3.8) is 0 Å². The van der Waals surface area contributed by atoms with Gasteiger partial charge in [-0.25, -0.2) is 9.78 Å².